The summed E-state index contributed by atoms with van der Waals surface area (Å²) >= 11 is 5.75. The van der Waals surface area contributed by atoms with Crippen LogP contribution in [0.5, 0.6) is 0 Å². The van der Waals surface area contributed by atoms with E-state index in [1.54, 1.807) is 11.9 Å². The van der Waals surface area contributed by atoms with Gasteiger partial charge in [0.1, 0.15) is 5.02 Å². The van der Waals surface area contributed by atoms with Gasteiger partial charge in [0.15, 0.2) is 0 Å². The molecule has 1 atom stereocenters. The van der Waals surface area contributed by atoms with Crippen molar-refractivity contribution in [2.75, 3.05) is 26.8 Å². The van der Waals surface area contributed by atoms with E-state index in [0.717, 1.165) is 19.4 Å². The number of carbonyl (C=O) groups is 1. The molecular formula is C14H17ClN2O4. The Morgan fingerprint density at radius 1 is 1.57 bits per heavy atom. The maximum absolute atomic E-state index is 12.3. The summed E-state index contributed by atoms with van der Waals surface area (Å²) < 4.78 is 5.39. The molecule has 0 bridgehead atoms. The zero-order valence-corrected chi connectivity index (χ0v) is 12.5. The van der Waals surface area contributed by atoms with Crippen LogP contribution in [0.15, 0.2) is 18.2 Å². The normalized spacial score (nSPS) is 18.3. The molecule has 0 radical (unpaired) electrons. The topological polar surface area (TPSA) is 72.7 Å². The molecule has 0 N–H and O–H groups in total. The molecule has 0 spiro atoms. The van der Waals surface area contributed by atoms with Crippen LogP contribution in [-0.2, 0) is 4.74 Å². The summed E-state index contributed by atoms with van der Waals surface area (Å²) in [6.45, 7) is 2.01. The van der Waals surface area contributed by atoms with Crippen LogP contribution in [0.3, 0.4) is 0 Å². The van der Waals surface area contributed by atoms with E-state index in [1.165, 1.54) is 18.2 Å². The van der Waals surface area contributed by atoms with Crippen molar-refractivity contribution < 1.29 is 14.5 Å². The summed E-state index contributed by atoms with van der Waals surface area (Å²) in [6.07, 6.45) is 2.03. The molecule has 1 aliphatic rings. The average molecular weight is 313 g/mol. The van der Waals surface area contributed by atoms with Crippen LogP contribution >= 0.6 is 11.6 Å². The lowest BCUT2D eigenvalue weighted by Gasteiger charge is -2.27. The van der Waals surface area contributed by atoms with Crippen molar-refractivity contribution in [3.05, 3.63) is 38.9 Å². The minimum atomic E-state index is -0.589. The molecule has 1 amide bonds. The van der Waals surface area contributed by atoms with Crippen molar-refractivity contribution >= 4 is 23.2 Å². The molecule has 1 heterocycles. The van der Waals surface area contributed by atoms with Crippen molar-refractivity contribution in [2.24, 2.45) is 5.92 Å². The molecule has 2 rings (SSSR count). The van der Waals surface area contributed by atoms with Crippen LogP contribution in [0, 0.1) is 16.0 Å². The summed E-state index contributed by atoms with van der Waals surface area (Å²) in [6, 6.07) is 4.11. The third-order valence-electron chi connectivity index (χ3n) is 3.52. The second kappa shape index (κ2) is 6.87. The first kappa shape index (κ1) is 15.7. The fourth-order valence-electron chi connectivity index (χ4n) is 2.43. The van der Waals surface area contributed by atoms with Crippen molar-refractivity contribution in [3.63, 3.8) is 0 Å². The molecule has 1 aliphatic heterocycles. The summed E-state index contributed by atoms with van der Waals surface area (Å²) in [5, 5.41) is 10.9. The van der Waals surface area contributed by atoms with Gasteiger partial charge >= 0.3 is 0 Å². The molecule has 0 saturated carbocycles. The average Bonchev–Trinajstić information content (AvgIpc) is 2.47. The summed E-state index contributed by atoms with van der Waals surface area (Å²) in [5.41, 5.74) is 0.0160. The van der Waals surface area contributed by atoms with Gasteiger partial charge in [0.05, 0.1) is 11.5 Å². The lowest BCUT2D eigenvalue weighted by Crippen LogP contribution is -2.35. The van der Waals surface area contributed by atoms with Crippen LogP contribution in [0.4, 0.5) is 5.69 Å². The van der Waals surface area contributed by atoms with Gasteiger partial charge in [0.2, 0.25) is 0 Å². The van der Waals surface area contributed by atoms with Gasteiger partial charge in [-0.05, 0) is 30.9 Å². The zero-order chi connectivity index (χ0) is 15.4. The third kappa shape index (κ3) is 3.92. The highest BCUT2D eigenvalue weighted by atomic mass is 35.5. The van der Waals surface area contributed by atoms with Gasteiger partial charge in [-0.2, -0.15) is 0 Å². The second-order valence-corrected chi connectivity index (χ2v) is 5.60. The standard InChI is InChI=1S/C14H17ClN2O4/c1-16(8-10-3-2-6-21-9-10)14(18)11-4-5-12(15)13(7-11)17(19)20/h4-5,7,10H,2-3,6,8-9H2,1H3. The summed E-state index contributed by atoms with van der Waals surface area (Å²) in [7, 11) is 1.69. The van der Waals surface area contributed by atoms with E-state index in [9.17, 15) is 14.9 Å². The van der Waals surface area contributed by atoms with Crippen LogP contribution in [-0.4, -0.2) is 42.5 Å². The van der Waals surface area contributed by atoms with Gasteiger partial charge < -0.3 is 9.64 Å². The number of benzene rings is 1. The first-order chi connectivity index (χ1) is 9.99. The Kier molecular flexibility index (Phi) is 5.14. The molecule has 1 saturated heterocycles. The Balaban J connectivity index is 2.08. The van der Waals surface area contributed by atoms with E-state index < -0.39 is 4.92 Å². The molecule has 21 heavy (non-hydrogen) atoms. The minimum Gasteiger partial charge on any atom is -0.381 e. The predicted molar refractivity (Wildman–Crippen MR) is 78.6 cm³/mol. The van der Waals surface area contributed by atoms with Crippen molar-refractivity contribution in [3.8, 4) is 0 Å². The highest BCUT2D eigenvalue weighted by Crippen LogP contribution is 2.26. The van der Waals surface area contributed by atoms with E-state index in [2.05, 4.69) is 0 Å². The number of carbonyl (C=O) groups excluding carboxylic acids is 1. The fraction of sp³-hybridized carbons (Fsp3) is 0.500. The Labute approximate surface area is 127 Å². The number of hydrogen-bond donors (Lipinski definition) is 0. The molecular weight excluding hydrogens is 296 g/mol. The van der Waals surface area contributed by atoms with Gasteiger partial charge in [-0.3, -0.25) is 14.9 Å². The second-order valence-electron chi connectivity index (χ2n) is 5.19. The minimum absolute atomic E-state index is 0.0277. The van der Waals surface area contributed by atoms with E-state index in [-0.39, 0.29) is 22.2 Å². The monoisotopic (exact) mass is 312 g/mol. The number of nitro benzene ring substituents is 1. The molecule has 1 aromatic rings. The smallest absolute Gasteiger partial charge is 0.288 e. The van der Waals surface area contributed by atoms with E-state index in [4.69, 9.17) is 16.3 Å². The van der Waals surface area contributed by atoms with Crippen LogP contribution < -0.4 is 0 Å². The number of rotatable bonds is 4. The lowest BCUT2D eigenvalue weighted by molar-refractivity contribution is -0.384. The largest absolute Gasteiger partial charge is 0.381 e. The Hall–Kier alpha value is -1.66. The Bertz CT molecular complexity index is 544. The van der Waals surface area contributed by atoms with Gasteiger partial charge in [-0.25, -0.2) is 0 Å². The zero-order valence-electron chi connectivity index (χ0n) is 11.8. The van der Waals surface area contributed by atoms with Gasteiger partial charge in [0, 0.05) is 31.8 Å². The molecule has 0 aliphatic carbocycles. The Morgan fingerprint density at radius 2 is 2.33 bits per heavy atom. The first-order valence-electron chi connectivity index (χ1n) is 6.76. The fourth-order valence-corrected chi connectivity index (χ4v) is 2.61. The van der Waals surface area contributed by atoms with Crippen molar-refractivity contribution in [1.82, 2.24) is 4.90 Å². The molecule has 0 aromatic heterocycles. The molecule has 7 heteroatoms. The van der Waals surface area contributed by atoms with Crippen LogP contribution in [0.2, 0.25) is 5.02 Å². The lowest BCUT2D eigenvalue weighted by atomic mass is 10.0. The van der Waals surface area contributed by atoms with E-state index >= 15 is 0 Å². The van der Waals surface area contributed by atoms with Crippen LogP contribution in [0.1, 0.15) is 23.2 Å². The number of nitro groups is 1. The maximum Gasteiger partial charge on any atom is 0.288 e. The summed E-state index contributed by atoms with van der Waals surface area (Å²) in [4.78, 5) is 24.2. The highest BCUT2D eigenvalue weighted by molar-refractivity contribution is 6.32. The first-order valence-corrected chi connectivity index (χ1v) is 7.14. The van der Waals surface area contributed by atoms with Crippen LogP contribution in [0.25, 0.3) is 0 Å². The number of amides is 1. The van der Waals surface area contributed by atoms with Gasteiger partial charge in [-0.1, -0.05) is 11.6 Å². The number of ether oxygens (including phenoxy) is 1. The molecule has 1 unspecified atom stereocenters. The van der Waals surface area contributed by atoms with Crippen molar-refractivity contribution in [1.29, 1.82) is 0 Å². The van der Waals surface area contributed by atoms with Gasteiger partial charge in [0.25, 0.3) is 11.6 Å². The number of halogens is 1. The van der Waals surface area contributed by atoms with E-state index in [0.29, 0.717) is 19.1 Å². The molecule has 114 valence electrons. The molecule has 1 aromatic carbocycles. The van der Waals surface area contributed by atoms with Crippen molar-refractivity contribution in [2.45, 2.75) is 12.8 Å². The molecule has 6 nitrogen and oxygen atoms in total. The Morgan fingerprint density at radius 3 is 2.95 bits per heavy atom. The quantitative estimate of drug-likeness (QED) is 0.633. The van der Waals surface area contributed by atoms with E-state index in [1.807, 2.05) is 0 Å². The summed E-state index contributed by atoms with van der Waals surface area (Å²) in [5.74, 6) is 0.0651. The van der Waals surface area contributed by atoms with Gasteiger partial charge in [-0.15, -0.1) is 0 Å². The third-order valence-corrected chi connectivity index (χ3v) is 3.84. The number of hydrogen-bond acceptors (Lipinski definition) is 4. The predicted octanol–water partition coefficient (Wildman–Crippen LogP) is 2.75. The SMILES string of the molecule is CN(CC1CCCOC1)C(=O)c1ccc(Cl)c([N+](=O)[O-])c1. The highest BCUT2D eigenvalue weighted by Gasteiger charge is 2.22. The maximum atomic E-state index is 12.3. The molecule has 1 fully saturated rings. The number of nitrogens with zero attached hydrogens (tertiary/aromatic N) is 2.